The molecule has 0 aromatic heterocycles. The Kier molecular flexibility index (Phi) is 8.99. The molecule has 0 heterocycles. The van der Waals surface area contributed by atoms with Crippen LogP contribution in [-0.2, 0) is 11.2 Å². The predicted molar refractivity (Wildman–Crippen MR) is 131 cm³/mol. The van der Waals surface area contributed by atoms with E-state index in [9.17, 15) is 4.79 Å². The predicted octanol–water partition coefficient (Wildman–Crippen LogP) is 5.78. The second-order valence-corrected chi connectivity index (χ2v) is 8.04. The summed E-state index contributed by atoms with van der Waals surface area (Å²) >= 11 is 0. The van der Waals surface area contributed by atoms with Crippen LogP contribution in [0.2, 0.25) is 0 Å². The van der Waals surface area contributed by atoms with E-state index in [1.165, 1.54) is 5.56 Å². The number of carbonyl (C=O) groups excluding carboxylic acids is 1. The van der Waals surface area contributed by atoms with E-state index in [-0.39, 0.29) is 12.5 Å². The summed E-state index contributed by atoms with van der Waals surface area (Å²) in [5, 5.41) is 6.11. The number of rotatable bonds is 12. The van der Waals surface area contributed by atoms with Crippen molar-refractivity contribution < 1.29 is 14.3 Å². The third-order valence-electron chi connectivity index (χ3n) is 4.77. The molecule has 3 rings (SSSR count). The van der Waals surface area contributed by atoms with Crippen LogP contribution in [0, 0.1) is 5.92 Å². The van der Waals surface area contributed by atoms with Crippen LogP contribution in [0.25, 0.3) is 0 Å². The molecule has 0 radical (unpaired) electrons. The summed E-state index contributed by atoms with van der Waals surface area (Å²) in [7, 11) is 0. The van der Waals surface area contributed by atoms with Crippen LogP contribution < -0.4 is 20.1 Å². The maximum absolute atomic E-state index is 12.5. The van der Waals surface area contributed by atoms with Gasteiger partial charge in [0.1, 0.15) is 11.5 Å². The minimum atomic E-state index is -0.149. The molecule has 0 aliphatic carbocycles. The van der Waals surface area contributed by atoms with Crippen molar-refractivity contribution in [2.24, 2.45) is 5.92 Å². The molecule has 2 N–H and O–H groups in total. The lowest BCUT2D eigenvalue weighted by Crippen LogP contribution is -2.22. The van der Waals surface area contributed by atoms with Crippen LogP contribution in [0.15, 0.2) is 78.9 Å². The Morgan fingerprint density at radius 3 is 2.16 bits per heavy atom. The molecule has 0 atom stereocenters. The van der Waals surface area contributed by atoms with Crippen LogP contribution in [-0.4, -0.2) is 25.7 Å². The number of para-hydroxylation sites is 4. The summed E-state index contributed by atoms with van der Waals surface area (Å²) in [6.07, 6.45) is 1.89. The zero-order valence-corrected chi connectivity index (χ0v) is 18.8. The zero-order valence-electron chi connectivity index (χ0n) is 18.8. The summed E-state index contributed by atoms with van der Waals surface area (Å²) in [6.45, 7) is 5.52. The van der Waals surface area contributed by atoms with E-state index in [2.05, 4.69) is 48.7 Å². The number of ether oxygens (including phenoxy) is 2. The van der Waals surface area contributed by atoms with Crippen molar-refractivity contribution in [2.75, 3.05) is 30.4 Å². The second kappa shape index (κ2) is 12.4. The Hall–Kier alpha value is -3.47. The summed E-state index contributed by atoms with van der Waals surface area (Å²) in [5.41, 5.74) is 2.77. The van der Waals surface area contributed by atoms with Crippen molar-refractivity contribution >= 4 is 17.3 Å². The van der Waals surface area contributed by atoms with Crippen molar-refractivity contribution in [2.45, 2.75) is 26.7 Å². The van der Waals surface area contributed by atoms with Gasteiger partial charge in [-0.05, 0) is 48.6 Å². The molecule has 32 heavy (non-hydrogen) atoms. The third-order valence-corrected chi connectivity index (χ3v) is 4.77. The molecule has 3 aromatic rings. The van der Waals surface area contributed by atoms with Crippen LogP contribution in [0.5, 0.6) is 11.5 Å². The van der Waals surface area contributed by atoms with E-state index in [1.807, 2.05) is 54.6 Å². The first kappa shape index (κ1) is 23.2. The first-order valence-corrected chi connectivity index (χ1v) is 11.1. The van der Waals surface area contributed by atoms with Crippen molar-refractivity contribution in [3.63, 3.8) is 0 Å². The molecular weight excluding hydrogens is 400 g/mol. The number of hydrogen-bond donors (Lipinski definition) is 2. The highest BCUT2D eigenvalue weighted by Crippen LogP contribution is 2.26. The van der Waals surface area contributed by atoms with Crippen molar-refractivity contribution in [1.82, 2.24) is 0 Å². The molecule has 5 heteroatoms. The monoisotopic (exact) mass is 432 g/mol. The highest BCUT2D eigenvalue weighted by Gasteiger charge is 2.10. The largest absolute Gasteiger partial charge is 0.491 e. The molecule has 0 saturated heterocycles. The van der Waals surface area contributed by atoms with E-state index >= 15 is 0 Å². The van der Waals surface area contributed by atoms with Gasteiger partial charge >= 0.3 is 0 Å². The van der Waals surface area contributed by atoms with E-state index in [1.54, 1.807) is 0 Å². The minimum absolute atomic E-state index is 0.128. The Morgan fingerprint density at radius 1 is 0.812 bits per heavy atom. The first-order chi connectivity index (χ1) is 15.6. The van der Waals surface area contributed by atoms with Gasteiger partial charge in [-0.2, -0.15) is 0 Å². The summed E-state index contributed by atoms with van der Waals surface area (Å²) < 4.78 is 11.8. The topological polar surface area (TPSA) is 59.6 Å². The average Bonchev–Trinajstić information content (AvgIpc) is 2.81. The SMILES string of the molecule is CC(C)COc1ccccc1NC(=O)CNc1ccccc1OCCCc1ccccc1. The number of anilines is 2. The molecule has 0 saturated carbocycles. The summed E-state index contributed by atoms with van der Waals surface area (Å²) in [4.78, 5) is 12.5. The van der Waals surface area contributed by atoms with Gasteiger partial charge in [-0.25, -0.2) is 0 Å². The van der Waals surface area contributed by atoms with Gasteiger partial charge in [0.2, 0.25) is 5.91 Å². The normalized spacial score (nSPS) is 10.6. The Balaban J connectivity index is 1.49. The van der Waals surface area contributed by atoms with Gasteiger partial charge in [-0.15, -0.1) is 0 Å². The lowest BCUT2D eigenvalue weighted by atomic mass is 10.1. The van der Waals surface area contributed by atoms with E-state index in [0.717, 1.165) is 24.3 Å². The average molecular weight is 433 g/mol. The highest BCUT2D eigenvalue weighted by molar-refractivity contribution is 5.95. The minimum Gasteiger partial charge on any atom is -0.491 e. The zero-order chi connectivity index (χ0) is 22.6. The van der Waals surface area contributed by atoms with Crippen LogP contribution in [0.1, 0.15) is 25.8 Å². The Labute approximate surface area is 190 Å². The summed E-state index contributed by atoms with van der Waals surface area (Å²) in [6, 6.07) is 25.5. The summed E-state index contributed by atoms with van der Waals surface area (Å²) in [5.74, 6) is 1.68. The van der Waals surface area contributed by atoms with Gasteiger partial charge in [0, 0.05) is 0 Å². The van der Waals surface area contributed by atoms with Crippen molar-refractivity contribution in [3.05, 3.63) is 84.4 Å². The molecule has 0 bridgehead atoms. The number of nitrogens with one attached hydrogen (secondary N) is 2. The molecular formula is C27H32N2O3. The van der Waals surface area contributed by atoms with Crippen LogP contribution in [0.4, 0.5) is 11.4 Å². The van der Waals surface area contributed by atoms with Gasteiger partial charge in [0.25, 0.3) is 0 Å². The van der Waals surface area contributed by atoms with E-state index in [0.29, 0.717) is 30.6 Å². The molecule has 0 aliphatic rings. The van der Waals surface area contributed by atoms with Gasteiger partial charge in [0.05, 0.1) is 31.1 Å². The van der Waals surface area contributed by atoms with Crippen LogP contribution >= 0.6 is 0 Å². The second-order valence-electron chi connectivity index (χ2n) is 8.04. The van der Waals surface area contributed by atoms with E-state index in [4.69, 9.17) is 9.47 Å². The maximum atomic E-state index is 12.5. The number of amides is 1. The lowest BCUT2D eigenvalue weighted by molar-refractivity contribution is -0.114. The fraction of sp³-hybridized carbons (Fsp3) is 0.296. The first-order valence-electron chi connectivity index (χ1n) is 11.1. The van der Waals surface area contributed by atoms with Gasteiger partial charge < -0.3 is 20.1 Å². The Morgan fingerprint density at radius 2 is 1.44 bits per heavy atom. The van der Waals surface area contributed by atoms with Crippen molar-refractivity contribution in [3.8, 4) is 11.5 Å². The molecule has 0 fully saturated rings. The smallest absolute Gasteiger partial charge is 0.243 e. The number of benzene rings is 3. The Bertz CT molecular complexity index is 973. The lowest BCUT2D eigenvalue weighted by Gasteiger charge is -2.15. The van der Waals surface area contributed by atoms with Gasteiger partial charge in [0.15, 0.2) is 0 Å². The van der Waals surface area contributed by atoms with Gasteiger partial charge in [-0.1, -0.05) is 68.4 Å². The maximum Gasteiger partial charge on any atom is 0.243 e. The molecule has 3 aromatic carbocycles. The van der Waals surface area contributed by atoms with Crippen molar-refractivity contribution in [1.29, 1.82) is 0 Å². The molecule has 1 amide bonds. The number of hydrogen-bond acceptors (Lipinski definition) is 4. The van der Waals surface area contributed by atoms with Gasteiger partial charge in [-0.3, -0.25) is 4.79 Å². The highest BCUT2D eigenvalue weighted by atomic mass is 16.5. The van der Waals surface area contributed by atoms with E-state index < -0.39 is 0 Å². The molecule has 168 valence electrons. The standard InChI is InChI=1S/C27H32N2O3/c1-21(2)20-32-26-17-9-7-15-24(26)29-27(30)19-28-23-14-6-8-16-25(23)31-18-10-13-22-11-4-3-5-12-22/h3-9,11-12,14-17,21,28H,10,13,18-20H2,1-2H3,(H,29,30). The number of carbonyl (C=O) groups is 1. The fourth-order valence-electron chi connectivity index (χ4n) is 3.16. The quantitative estimate of drug-likeness (QED) is 0.356. The fourth-order valence-corrected chi connectivity index (χ4v) is 3.16. The number of aryl methyl sites for hydroxylation is 1. The molecule has 0 aliphatic heterocycles. The third kappa shape index (κ3) is 7.65. The molecule has 0 spiro atoms. The molecule has 0 unspecified atom stereocenters. The van der Waals surface area contributed by atoms with Crippen LogP contribution in [0.3, 0.4) is 0 Å². The molecule has 5 nitrogen and oxygen atoms in total.